The number of amides is 3. The van der Waals surface area contributed by atoms with Crippen LogP contribution in [0.15, 0.2) is 30.3 Å². The maximum atomic E-state index is 12.9. The van der Waals surface area contributed by atoms with Crippen molar-refractivity contribution >= 4 is 29.5 Å². The van der Waals surface area contributed by atoms with E-state index in [1.54, 1.807) is 11.8 Å². The summed E-state index contributed by atoms with van der Waals surface area (Å²) in [5.41, 5.74) is 0.997. The molecule has 3 atom stereocenters. The van der Waals surface area contributed by atoms with Gasteiger partial charge in [0.15, 0.2) is 0 Å². The molecule has 1 heterocycles. The molecule has 1 saturated carbocycles. The van der Waals surface area contributed by atoms with E-state index in [-0.39, 0.29) is 29.6 Å². The quantitative estimate of drug-likeness (QED) is 0.745. The molecule has 5 nitrogen and oxygen atoms in total. The summed E-state index contributed by atoms with van der Waals surface area (Å²) in [6, 6.07) is 8.96. The zero-order chi connectivity index (χ0) is 18.5. The Hall–Kier alpha value is -1.82. The van der Waals surface area contributed by atoms with Gasteiger partial charge >= 0.3 is 0 Å². The molecule has 0 radical (unpaired) electrons. The molecule has 3 rings (SSSR count). The first-order chi connectivity index (χ1) is 12.6. The van der Waals surface area contributed by atoms with Gasteiger partial charge in [-0.15, -0.1) is 0 Å². The highest BCUT2D eigenvalue weighted by Crippen LogP contribution is 2.39. The highest BCUT2D eigenvalue weighted by molar-refractivity contribution is 7.98. The Labute approximate surface area is 158 Å². The molecule has 1 saturated heterocycles. The zero-order valence-corrected chi connectivity index (χ0v) is 16.0. The summed E-state index contributed by atoms with van der Waals surface area (Å²) in [7, 11) is 0. The van der Waals surface area contributed by atoms with Crippen LogP contribution in [0.3, 0.4) is 0 Å². The lowest BCUT2D eigenvalue weighted by molar-refractivity contribution is -0.148. The van der Waals surface area contributed by atoms with E-state index in [1.165, 1.54) is 4.90 Å². The summed E-state index contributed by atoms with van der Waals surface area (Å²) in [6.45, 7) is 0.401. The molecular formula is C20H26N2O3S. The van der Waals surface area contributed by atoms with Crippen LogP contribution in [-0.4, -0.2) is 40.7 Å². The fraction of sp³-hybridized carbons (Fsp3) is 0.550. The second-order valence-corrected chi connectivity index (χ2v) is 8.03. The number of carbonyl (C=O) groups is 3. The predicted molar refractivity (Wildman–Crippen MR) is 102 cm³/mol. The van der Waals surface area contributed by atoms with Crippen LogP contribution in [0.25, 0.3) is 0 Å². The van der Waals surface area contributed by atoms with E-state index in [1.807, 2.05) is 36.6 Å². The van der Waals surface area contributed by atoms with Crippen LogP contribution in [0.2, 0.25) is 0 Å². The standard InChI is InChI=1S/C20H26N2O3S/c1-26-12-11-17(18(23)21-13-14-7-3-2-4-8-14)22-19(24)15-9-5-6-10-16(15)20(22)25/h2-4,7-8,15-17H,5-6,9-13H2,1H3,(H,21,23). The van der Waals surface area contributed by atoms with Gasteiger partial charge in [0.05, 0.1) is 11.8 Å². The van der Waals surface area contributed by atoms with E-state index >= 15 is 0 Å². The number of carbonyl (C=O) groups excluding carboxylic acids is 3. The van der Waals surface area contributed by atoms with Crippen LogP contribution < -0.4 is 5.32 Å². The number of nitrogens with one attached hydrogen (secondary N) is 1. The summed E-state index contributed by atoms with van der Waals surface area (Å²) in [5, 5.41) is 2.91. The Morgan fingerprint density at radius 1 is 1.15 bits per heavy atom. The minimum atomic E-state index is -0.697. The van der Waals surface area contributed by atoms with Crippen LogP contribution in [0.5, 0.6) is 0 Å². The van der Waals surface area contributed by atoms with Gasteiger partial charge in [0.1, 0.15) is 6.04 Å². The average Bonchev–Trinajstić information content (AvgIpc) is 2.93. The van der Waals surface area contributed by atoms with Crippen molar-refractivity contribution < 1.29 is 14.4 Å². The molecule has 1 aliphatic heterocycles. The van der Waals surface area contributed by atoms with Crippen molar-refractivity contribution in [2.75, 3.05) is 12.0 Å². The topological polar surface area (TPSA) is 66.5 Å². The Kier molecular flexibility index (Phi) is 6.35. The molecule has 1 aliphatic carbocycles. The van der Waals surface area contributed by atoms with Gasteiger partial charge in [0.25, 0.3) is 0 Å². The number of imide groups is 1. The van der Waals surface area contributed by atoms with Crippen molar-refractivity contribution in [2.24, 2.45) is 11.8 Å². The number of fused-ring (bicyclic) bond motifs is 1. The summed E-state index contributed by atoms with van der Waals surface area (Å²) in [4.78, 5) is 39.8. The molecule has 1 N–H and O–H groups in total. The van der Waals surface area contributed by atoms with Crippen LogP contribution in [-0.2, 0) is 20.9 Å². The second kappa shape index (κ2) is 8.71. The summed E-state index contributed by atoms with van der Waals surface area (Å²) in [6.07, 6.45) is 5.98. The average molecular weight is 375 g/mol. The van der Waals surface area contributed by atoms with Crippen molar-refractivity contribution in [3.05, 3.63) is 35.9 Å². The van der Waals surface area contributed by atoms with Gasteiger partial charge in [-0.1, -0.05) is 43.2 Å². The van der Waals surface area contributed by atoms with Crippen molar-refractivity contribution in [2.45, 2.75) is 44.7 Å². The molecule has 2 aliphatic rings. The third-order valence-electron chi connectivity index (χ3n) is 5.39. The SMILES string of the molecule is CSCCC(C(=O)NCc1ccccc1)N1C(=O)C2CCCCC2C1=O. The lowest BCUT2D eigenvalue weighted by Gasteiger charge is -2.26. The Bertz CT molecular complexity index is 640. The lowest BCUT2D eigenvalue weighted by atomic mass is 9.81. The third-order valence-corrected chi connectivity index (χ3v) is 6.04. The number of nitrogens with zero attached hydrogens (tertiary/aromatic N) is 1. The van der Waals surface area contributed by atoms with Gasteiger partial charge < -0.3 is 5.32 Å². The first kappa shape index (κ1) is 19.0. The monoisotopic (exact) mass is 374 g/mol. The van der Waals surface area contributed by atoms with E-state index in [4.69, 9.17) is 0 Å². The number of likely N-dealkylation sites (tertiary alicyclic amines) is 1. The zero-order valence-electron chi connectivity index (χ0n) is 15.1. The number of hydrogen-bond donors (Lipinski definition) is 1. The smallest absolute Gasteiger partial charge is 0.243 e. The van der Waals surface area contributed by atoms with Gasteiger partial charge in [0.2, 0.25) is 17.7 Å². The molecule has 1 aromatic rings. The highest BCUT2D eigenvalue weighted by atomic mass is 32.2. The number of thioether (sulfide) groups is 1. The minimum Gasteiger partial charge on any atom is -0.350 e. The minimum absolute atomic E-state index is 0.138. The van der Waals surface area contributed by atoms with Gasteiger partial charge in [-0.2, -0.15) is 11.8 Å². The Morgan fingerprint density at radius 3 is 2.35 bits per heavy atom. The van der Waals surface area contributed by atoms with Gasteiger partial charge in [-0.3, -0.25) is 19.3 Å². The molecule has 140 valence electrons. The normalized spacial score (nSPS) is 23.7. The maximum absolute atomic E-state index is 12.9. The van der Waals surface area contributed by atoms with E-state index in [0.29, 0.717) is 13.0 Å². The highest BCUT2D eigenvalue weighted by Gasteiger charge is 2.51. The molecule has 2 fully saturated rings. The van der Waals surface area contributed by atoms with E-state index in [9.17, 15) is 14.4 Å². The van der Waals surface area contributed by atoms with Crippen molar-refractivity contribution in [3.63, 3.8) is 0 Å². The van der Waals surface area contributed by atoms with Gasteiger partial charge in [-0.25, -0.2) is 0 Å². The van der Waals surface area contributed by atoms with Crippen molar-refractivity contribution in [3.8, 4) is 0 Å². The van der Waals surface area contributed by atoms with Gasteiger partial charge in [-0.05, 0) is 36.8 Å². The van der Waals surface area contributed by atoms with E-state index in [0.717, 1.165) is 37.0 Å². The lowest BCUT2D eigenvalue weighted by Crippen LogP contribution is -2.50. The fourth-order valence-electron chi connectivity index (χ4n) is 4.00. The van der Waals surface area contributed by atoms with Gasteiger partial charge in [0, 0.05) is 6.54 Å². The molecule has 6 heteroatoms. The van der Waals surface area contributed by atoms with Crippen molar-refractivity contribution in [1.29, 1.82) is 0 Å². The Balaban J connectivity index is 1.73. The molecule has 0 bridgehead atoms. The molecule has 26 heavy (non-hydrogen) atoms. The summed E-state index contributed by atoms with van der Waals surface area (Å²) in [5.74, 6) is -0.204. The number of rotatable bonds is 7. The Morgan fingerprint density at radius 2 is 1.77 bits per heavy atom. The molecule has 3 amide bonds. The first-order valence-electron chi connectivity index (χ1n) is 9.31. The molecule has 0 spiro atoms. The van der Waals surface area contributed by atoms with Crippen LogP contribution in [0.1, 0.15) is 37.7 Å². The number of benzene rings is 1. The maximum Gasteiger partial charge on any atom is 0.243 e. The number of hydrogen-bond acceptors (Lipinski definition) is 4. The first-order valence-corrected chi connectivity index (χ1v) is 10.7. The molecule has 3 unspecified atom stereocenters. The molecule has 1 aromatic carbocycles. The van der Waals surface area contributed by atoms with Crippen LogP contribution in [0, 0.1) is 11.8 Å². The van der Waals surface area contributed by atoms with Crippen LogP contribution >= 0.6 is 11.8 Å². The largest absolute Gasteiger partial charge is 0.350 e. The predicted octanol–water partition coefficient (Wildman–Crippen LogP) is 2.60. The molecule has 0 aromatic heterocycles. The fourth-order valence-corrected chi connectivity index (χ4v) is 4.46. The van der Waals surface area contributed by atoms with E-state index in [2.05, 4.69) is 5.32 Å². The summed E-state index contributed by atoms with van der Waals surface area (Å²) >= 11 is 1.62. The second-order valence-electron chi connectivity index (χ2n) is 7.04. The van der Waals surface area contributed by atoms with E-state index < -0.39 is 6.04 Å². The summed E-state index contributed by atoms with van der Waals surface area (Å²) < 4.78 is 0. The molecular weight excluding hydrogens is 348 g/mol. The van der Waals surface area contributed by atoms with Crippen LogP contribution in [0.4, 0.5) is 0 Å². The third kappa shape index (κ3) is 3.95. The van der Waals surface area contributed by atoms with Crippen molar-refractivity contribution in [1.82, 2.24) is 10.2 Å².